The number of nitrogens with zero attached hydrogens (tertiary/aromatic N) is 3. The molecule has 0 unspecified atom stereocenters. The van der Waals surface area contributed by atoms with Crippen LogP contribution in [-0.2, 0) is 16.0 Å². The Morgan fingerprint density at radius 1 is 1.17 bits per heavy atom. The third-order valence-corrected chi connectivity index (χ3v) is 6.71. The van der Waals surface area contributed by atoms with Gasteiger partial charge in [-0.3, -0.25) is 24.6 Å². The Bertz CT molecular complexity index is 1420. The van der Waals surface area contributed by atoms with Crippen LogP contribution in [0, 0.1) is 34.2 Å². The smallest absolute Gasteiger partial charge is 0.269 e. The zero-order chi connectivity index (χ0) is 25.8. The maximum absolute atomic E-state index is 13.6. The Morgan fingerprint density at radius 3 is 2.50 bits per heavy atom. The topological polar surface area (TPSA) is 116 Å². The number of anilines is 2. The van der Waals surface area contributed by atoms with Gasteiger partial charge in [0, 0.05) is 23.5 Å². The zero-order valence-corrected chi connectivity index (χ0v) is 19.8. The van der Waals surface area contributed by atoms with Crippen LogP contribution in [-0.4, -0.2) is 22.0 Å². The second kappa shape index (κ2) is 10.4. The summed E-state index contributed by atoms with van der Waals surface area (Å²) in [5, 5.41) is 23.1. The number of carbonyl (C=O) groups is 2. The van der Waals surface area contributed by atoms with Crippen molar-refractivity contribution in [1.29, 1.82) is 5.26 Å². The predicted molar refractivity (Wildman–Crippen MR) is 135 cm³/mol. The summed E-state index contributed by atoms with van der Waals surface area (Å²) in [6.07, 6.45) is 0.130. The second-order valence-electron chi connectivity index (χ2n) is 8.00. The number of hydrogen-bond acceptors (Lipinski definition) is 6. The number of rotatable bonds is 6. The number of hydrogen-bond donors (Lipinski definition) is 1. The quantitative estimate of drug-likeness (QED) is 0.217. The van der Waals surface area contributed by atoms with Gasteiger partial charge in [0.25, 0.3) is 11.6 Å². The first-order valence-corrected chi connectivity index (χ1v) is 11.7. The normalized spacial score (nSPS) is 16.4. The summed E-state index contributed by atoms with van der Waals surface area (Å²) in [6, 6.07) is 20.0. The molecule has 1 aliphatic rings. The van der Waals surface area contributed by atoms with E-state index in [9.17, 15) is 29.4 Å². The number of thioether (sulfide) groups is 1. The minimum absolute atomic E-state index is 0.106. The Morgan fingerprint density at radius 2 is 1.86 bits per heavy atom. The maximum atomic E-state index is 13.6. The van der Waals surface area contributed by atoms with Gasteiger partial charge in [-0.05, 0) is 55.3 Å². The second-order valence-corrected chi connectivity index (χ2v) is 9.19. The molecule has 1 N–H and O–H groups in total. The standard InChI is InChI=1S/C26H19FN4O4S/c1-16-5-9-19(10-6-16)29-24(32)22(15-28)26-30(20-11-7-18(27)8-12-20)25(33)23(36-26)14-17-3-2-4-21(13-17)31(34)35/h2-13,23H,14H2,1H3,(H,29,32)/b26-22-/t23-/m0/s1. The average Bonchev–Trinajstić information content (AvgIpc) is 3.17. The maximum Gasteiger partial charge on any atom is 0.269 e. The van der Waals surface area contributed by atoms with E-state index in [-0.39, 0.29) is 22.7 Å². The van der Waals surface area contributed by atoms with E-state index >= 15 is 0 Å². The van der Waals surface area contributed by atoms with Gasteiger partial charge in [0.2, 0.25) is 5.91 Å². The molecule has 0 radical (unpaired) electrons. The van der Waals surface area contributed by atoms with Crippen molar-refractivity contribution in [1.82, 2.24) is 0 Å². The molecule has 0 saturated carbocycles. The lowest BCUT2D eigenvalue weighted by molar-refractivity contribution is -0.384. The molecular formula is C26H19FN4O4S. The fourth-order valence-corrected chi connectivity index (χ4v) is 4.96. The number of aryl methyl sites for hydroxylation is 1. The Hall–Kier alpha value is -4.49. The number of nitro groups is 1. The number of nitrogens with one attached hydrogen (secondary N) is 1. The van der Waals surface area contributed by atoms with Gasteiger partial charge in [-0.15, -0.1) is 0 Å². The molecule has 180 valence electrons. The van der Waals surface area contributed by atoms with Crippen LogP contribution in [0.3, 0.4) is 0 Å². The van der Waals surface area contributed by atoms with E-state index in [4.69, 9.17) is 0 Å². The minimum Gasteiger partial charge on any atom is -0.321 e. The van der Waals surface area contributed by atoms with E-state index < -0.39 is 27.8 Å². The molecule has 3 aromatic carbocycles. The highest BCUT2D eigenvalue weighted by Gasteiger charge is 2.41. The fourth-order valence-electron chi connectivity index (χ4n) is 3.65. The summed E-state index contributed by atoms with van der Waals surface area (Å²) in [4.78, 5) is 38.4. The minimum atomic E-state index is -0.761. The van der Waals surface area contributed by atoms with E-state index in [1.54, 1.807) is 18.2 Å². The third-order valence-electron chi connectivity index (χ3n) is 5.44. The molecule has 3 aromatic rings. The highest BCUT2D eigenvalue weighted by atomic mass is 32.2. The van der Waals surface area contributed by atoms with Gasteiger partial charge in [-0.25, -0.2) is 4.39 Å². The molecule has 1 atom stereocenters. The largest absolute Gasteiger partial charge is 0.321 e. The zero-order valence-electron chi connectivity index (χ0n) is 19.0. The monoisotopic (exact) mass is 502 g/mol. The first-order valence-electron chi connectivity index (χ1n) is 10.8. The lowest BCUT2D eigenvalue weighted by Crippen LogP contribution is -2.31. The van der Waals surface area contributed by atoms with Gasteiger partial charge < -0.3 is 5.32 Å². The molecule has 10 heteroatoms. The van der Waals surface area contributed by atoms with Crippen molar-refractivity contribution >= 4 is 40.6 Å². The molecule has 36 heavy (non-hydrogen) atoms. The van der Waals surface area contributed by atoms with Crippen LogP contribution in [0.25, 0.3) is 0 Å². The summed E-state index contributed by atoms with van der Waals surface area (Å²) < 4.78 is 13.6. The summed E-state index contributed by atoms with van der Waals surface area (Å²) in [5.74, 6) is -1.63. The van der Waals surface area contributed by atoms with Crippen molar-refractivity contribution in [3.63, 3.8) is 0 Å². The molecule has 8 nitrogen and oxygen atoms in total. The molecule has 1 saturated heterocycles. The number of nitro benzene ring substituents is 1. The van der Waals surface area contributed by atoms with Crippen molar-refractivity contribution in [2.45, 2.75) is 18.6 Å². The van der Waals surface area contributed by atoms with E-state index in [0.717, 1.165) is 17.3 Å². The van der Waals surface area contributed by atoms with Crippen LogP contribution in [0.2, 0.25) is 0 Å². The number of carbonyl (C=O) groups excluding carboxylic acids is 2. The van der Waals surface area contributed by atoms with Crippen molar-refractivity contribution < 1.29 is 18.9 Å². The predicted octanol–water partition coefficient (Wildman–Crippen LogP) is 5.11. The van der Waals surface area contributed by atoms with E-state index in [2.05, 4.69) is 5.32 Å². The number of halogens is 1. The average molecular weight is 503 g/mol. The van der Waals surface area contributed by atoms with Crippen LogP contribution in [0.5, 0.6) is 0 Å². The Labute approximate surface area is 210 Å². The van der Waals surface area contributed by atoms with Crippen LogP contribution in [0.4, 0.5) is 21.5 Å². The molecule has 1 heterocycles. The van der Waals surface area contributed by atoms with Crippen molar-refractivity contribution in [2.75, 3.05) is 10.2 Å². The lowest BCUT2D eigenvalue weighted by Gasteiger charge is -2.18. The number of benzene rings is 3. The van der Waals surface area contributed by atoms with Crippen LogP contribution >= 0.6 is 11.8 Å². The summed E-state index contributed by atoms with van der Waals surface area (Å²) in [6.45, 7) is 1.90. The third kappa shape index (κ3) is 5.26. The van der Waals surface area contributed by atoms with Crippen LogP contribution in [0.1, 0.15) is 11.1 Å². The van der Waals surface area contributed by atoms with Gasteiger partial charge in [-0.2, -0.15) is 5.26 Å². The van der Waals surface area contributed by atoms with Gasteiger partial charge in [-0.1, -0.05) is 41.6 Å². The first-order chi connectivity index (χ1) is 17.3. The SMILES string of the molecule is Cc1ccc(NC(=O)/C(C#N)=C2\S[C@@H](Cc3cccc([N+](=O)[O-])c3)C(=O)N2c2ccc(F)cc2)cc1. The van der Waals surface area contributed by atoms with Gasteiger partial charge >= 0.3 is 0 Å². The first kappa shape index (κ1) is 24.6. The summed E-state index contributed by atoms with van der Waals surface area (Å²) in [7, 11) is 0. The molecule has 0 spiro atoms. The number of non-ortho nitro benzene ring substituents is 1. The number of nitriles is 1. The fraction of sp³-hybridized carbons (Fsp3) is 0.115. The summed E-state index contributed by atoms with van der Waals surface area (Å²) >= 11 is 1.02. The van der Waals surface area contributed by atoms with Crippen molar-refractivity contribution in [3.05, 3.63) is 110 Å². The highest BCUT2D eigenvalue weighted by Crippen LogP contribution is 2.42. The van der Waals surface area contributed by atoms with E-state index in [0.29, 0.717) is 16.9 Å². The molecule has 1 aliphatic heterocycles. The van der Waals surface area contributed by atoms with Crippen LogP contribution < -0.4 is 10.2 Å². The van der Waals surface area contributed by atoms with Crippen LogP contribution in [0.15, 0.2) is 83.4 Å². The Kier molecular flexibility index (Phi) is 7.12. The van der Waals surface area contributed by atoms with E-state index in [1.807, 2.05) is 25.1 Å². The lowest BCUT2D eigenvalue weighted by atomic mass is 10.1. The van der Waals surface area contributed by atoms with Gasteiger partial charge in [0.05, 0.1) is 10.2 Å². The van der Waals surface area contributed by atoms with Crippen molar-refractivity contribution in [2.24, 2.45) is 0 Å². The summed E-state index contributed by atoms with van der Waals surface area (Å²) in [5.41, 5.74) is 1.94. The molecule has 4 rings (SSSR count). The number of amides is 2. The molecule has 2 amide bonds. The van der Waals surface area contributed by atoms with Crippen molar-refractivity contribution in [3.8, 4) is 6.07 Å². The molecule has 0 bridgehead atoms. The Balaban J connectivity index is 1.72. The van der Waals surface area contributed by atoms with E-state index in [1.165, 1.54) is 47.4 Å². The molecule has 1 fully saturated rings. The molecular weight excluding hydrogens is 483 g/mol. The molecule has 0 aliphatic carbocycles. The van der Waals surface area contributed by atoms with Gasteiger partial charge in [0.15, 0.2) is 0 Å². The highest BCUT2D eigenvalue weighted by molar-refractivity contribution is 8.05. The molecule has 0 aromatic heterocycles. The van der Waals surface area contributed by atoms with Gasteiger partial charge in [0.1, 0.15) is 22.5 Å².